The second-order valence-electron chi connectivity index (χ2n) is 8.73. The lowest BCUT2D eigenvalue weighted by molar-refractivity contribution is 0.0181. The highest BCUT2D eigenvalue weighted by atomic mass is 16.5. The summed E-state index contributed by atoms with van der Waals surface area (Å²) in [4.78, 5) is 23.0. The van der Waals surface area contributed by atoms with Crippen molar-refractivity contribution in [3.05, 3.63) is 77.6 Å². The van der Waals surface area contributed by atoms with Crippen LogP contribution in [0.25, 0.3) is 11.1 Å². The molecule has 0 saturated carbocycles. The van der Waals surface area contributed by atoms with Gasteiger partial charge in [0.05, 0.1) is 0 Å². The molecule has 0 bridgehead atoms. The summed E-state index contributed by atoms with van der Waals surface area (Å²) in [7, 11) is 0. The maximum atomic E-state index is 12.3. The Morgan fingerprint density at radius 3 is 2.21 bits per heavy atom. The third-order valence-electron chi connectivity index (χ3n) is 6.55. The number of hydrogen-bond acceptors (Lipinski definition) is 7. The Kier molecular flexibility index (Phi) is 6.42. The van der Waals surface area contributed by atoms with E-state index in [-0.39, 0.29) is 19.1 Å². The molecule has 1 aliphatic carbocycles. The topological polar surface area (TPSA) is 108 Å². The van der Waals surface area contributed by atoms with E-state index in [1.807, 2.05) is 24.3 Å². The number of nitrogens with one attached hydrogen (secondary N) is 1. The standard InChI is InChI=1S/C26H28N4O4/c31-23(24(32)17-13-27-25(28-14-17)30-11-5-6-12-30)15-29-26(33)34-16-22-20-9-3-1-7-18(20)19-8-2-4-10-21(19)22/h1-4,7-10,13-14,22-24,31-32H,5-6,11-12,15-16H2,(H,29,33). The van der Waals surface area contributed by atoms with E-state index in [0.717, 1.165) is 48.2 Å². The molecular formula is C26H28N4O4. The van der Waals surface area contributed by atoms with Crippen molar-refractivity contribution in [2.75, 3.05) is 31.1 Å². The van der Waals surface area contributed by atoms with Crippen LogP contribution in [0.4, 0.5) is 10.7 Å². The number of nitrogens with zero attached hydrogens (tertiary/aromatic N) is 3. The van der Waals surface area contributed by atoms with Gasteiger partial charge in [0.15, 0.2) is 0 Å². The molecule has 2 atom stereocenters. The number of aromatic nitrogens is 2. The Labute approximate surface area is 198 Å². The maximum absolute atomic E-state index is 12.3. The van der Waals surface area contributed by atoms with Gasteiger partial charge in [0.2, 0.25) is 5.95 Å². The van der Waals surface area contributed by atoms with Crippen molar-refractivity contribution in [2.45, 2.75) is 31.0 Å². The highest BCUT2D eigenvalue weighted by Gasteiger charge is 2.29. The average Bonchev–Trinajstić information content (AvgIpc) is 3.53. The second kappa shape index (κ2) is 9.79. The van der Waals surface area contributed by atoms with Gasteiger partial charge in [-0.1, -0.05) is 48.5 Å². The molecule has 3 N–H and O–H groups in total. The lowest BCUT2D eigenvalue weighted by Crippen LogP contribution is -2.36. The fourth-order valence-corrected chi connectivity index (χ4v) is 4.74. The van der Waals surface area contributed by atoms with Crippen molar-refractivity contribution in [3.63, 3.8) is 0 Å². The molecule has 3 aromatic rings. The first-order valence-electron chi connectivity index (χ1n) is 11.6. The van der Waals surface area contributed by atoms with Crippen molar-refractivity contribution in [1.82, 2.24) is 15.3 Å². The molecule has 1 amide bonds. The van der Waals surface area contributed by atoms with Gasteiger partial charge in [-0.3, -0.25) is 0 Å². The first-order valence-corrected chi connectivity index (χ1v) is 11.6. The van der Waals surface area contributed by atoms with Crippen LogP contribution in [0, 0.1) is 0 Å². The average molecular weight is 461 g/mol. The molecule has 8 heteroatoms. The van der Waals surface area contributed by atoms with Crippen LogP contribution < -0.4 is 10.2 Å². The smallest absolute Gasteiger partial charge is 0.407 e. The summed E-state index contributed by atoms with van der Waals surface area (Å²) in [6.07, 6.45) is 2.18. The number of alkyl carbamates (subject to hydrolysis) is 1. The Morgan fingerprint density at radius 2 is 1.59 bits per heavy atom. The maximum Gasteiger partial charge on any atom is 0.407 e. The molecule has 2 aliphatic rings. The Hall–Kier alpha value is -3.49. The predicted octanol–water partition coefficient (Wildman–Crippen LogP) is 3.01. The molecule has 5 rings (SSSR count). The summed E-state index contributed by atoms with van der Waals surface area (Å²) >= 11 is 0. The Bertz CT molecular complexity index is 1100. The van der Waals surface area contributed by atoms with E-state index in [4.69, 9.17) is 4.74 Å². The molecule has 2 aromatic carbocycles. The van der Waals surface area contributed by atoms with Crippen molar-refractivity contribution < 1.29 is 19.7 Å². The van der Waals surface area contributed by atoms with Gasteiger partial charge < -0.3 is 25.2 Å². The predicted molar refractivity (Wildman–Crippen MR) is 128 cm³/mol. The van der Waals surface area contributed by atoms with E-state index in [1.165, 1.54) is 12.4 Å². The second-order valence-corrected chi connectivity index (χ2v) is 8.73. The molecule has 0 spiro atoms. The Balaban J connectivity index is 1.14. The zero-order chi connectivity index (χ0) is 23.5. The molecule has 8 nitrogen and oxygen atoms in total. The van der Waals surface area contributed by atoms with Crippen molar-refractivity contribution in [3.8, 4) is 11.1 Å². The first-order chi connectivity index (χ1) is 16.6. The third-order valence-corrected chi connectivity index (χ3v) is 6.55. The van der Waals surface area contributed by atoms with Crippen molar-refractivity contribution in [2.24, 2.45) is 0 Å². The van der Waals surface area contributed by atoms with E-state index in [9.17, 15) is 15.0 Å². The molecule has 1 fully saturated rings. The number of carbonyl (C=O) groups is 1. The highest BCUT2D eigenvalue weighted by Crippen LogP contribution is 2.44. The molecular weight excluding hydrogens is 432 g/mol. The summed E-state index contributed by atoms with van der Waals surface area (Å²) in [5.74, 6) is 0.583. The van der Waals surface area contributed by atoms with Gasteiger partial charge in [-0.25, -0.2) is 14.8 Å². The van der Waals surface area contributed by atoms with Gasteiger partial charge in [0, 0.05) is 43.5 Å². The lowest BCUT2D eigenvalue weighted by atomic mass is 9.98. The minimum Gasteiger partial charge on any atom is -0.449 e. The zero-order valence-electron chi connectivity index (χ0n) is 18.8. The van der Waals surface area contributed by atoms with E-state index in [1.54, 1.807) is 0 Å². The third kappa shape index (κ3) is 4.47. The number of anilines is 1. The van der Waals surface area contributed by atoms with E-state index < -0.39 is 18.3 Å². The number of hydrogen-bond donors (Lipinski definition) is 3. The van der Waals surface area contributed by atoms with Crippen molar-refractivity contribution in [1.29, 1.82) is 0 Å². The van der Waals surface area contributed by atoms with Crippen molar-refractivity contribution >= 4 is 12.0 Å². The van der Waals surface area contributed by atoms with E-state index in [0.29, 0.717) is 11.5 Å². The van der Waals surface area contributed by atoms with Gasteiger partial charge in [0.25, 0.3) is 0 Å². The highest BCUT2D eigenvalue weighted by molar-refractivity contribution is 5.79. The minimum absolute atomic E-state index is 0.0417. The van der Waals surface area contributed by atoms with E-state index >= 15 is 0 Å². The zero-order valence-corrected chi connectivity index (χ0v) is 18.8. The summed E-state index contributed by atoms with van der Waals surface area (Å²) in [6.45, 7) is 1.87. The van der Waals surface area contributed by atoms with Gasteiger partial charge in [0.1, 0.15) is 18.8 Å². The summed E-state index contributed by atoms with van der Waals surface area (Å²) in [6, 6.07) is 16.2. The number of benzene rings is 2. The van der Waals surface area contributed by atoms with Crippen LogP contribution >= 0.6 is 0 Å². The number of fused-ring (bicyclic) bond motifs is 3. The number of ether oxygens (including phenoxy) is 1. The lowest BCUT2D eigenvalue weighted by Gasteiger charge is -2.20. The number of amides is 1. The SMILES string of the molecule is O=C(NCC(O)C(O)c1cnc(N2CCCC2)nc1)OCC1c2ccccc2-c2ccccc21. The summed E-state index contributed by atoms with van der Waals surface area (Å²) < 4.78 is 5.48. The number of carbonyl (C=O) groups excluding carboxylic acids is 1. The van der Waals surface area contributed by atoms with E-state index in [2.05, 4.69) is 44.5 Å². The quantitative estimate of drug-likeness (QED) is 0.497. The largest absolute Gasteiger partial charge is 0.449 e. The van der Waals surface area contributed by atoms with Crippen LogP contribution in [0.15, 0.2) is 60.9 Å². The van der Waals surface area contributed by atoms with Crippen LogP contribution in [0.5, 0.6) is 0 Å². The molecule has 2 heterocycles. The molecule has 1 aromatic heterocycles. The first kappa shape index (κ1) is 22.3. The molecule has 176 valence electrons. The monoisotopic (exact) mass is 460 g/mol. The van der Waals surface area contributed by atoms with Crippen LogP contribution in [0.1, 0.15) is 41.6 Å². The van der Waals surface area contributed by atoms with Crippen LogP contribution in [-0.2, 0) is 4.74 Å². The molecule has 1 saturated heterocycles. The normalized spacial score (nSPS) is 16.6. The van der Waals surface area contributed by atoms with Gasteiger partial charge in [-0.15, -0.1) is 0 Å². The van der Waals surface area contributed by atoms with Crippen LogP contribution in [0.3, 0.4) is 0 Å². The molecule has 2 unspecified atom stereocenters. The van der Waals surface area contributed by atoms with Gasteiger partial charge >= 0.3 is 6.09 Å². The summed E-state index contributed by atoms with van der Waals surface area (Å²) in [5, 5.41) is 23.3. The van der Waals surface area contributed by atoms with Crippen LogP contribution in [0.2, 0.25) is 0 Å². The number of rotatable bonds is 7. The molecule has 1 aliphatic heterocycles. The molecule has 0 radical (unpaired) electrons. The summed E-state index contributed by atoms with van der Waals surface area (Å²) in [5.41, 5.74) is 4.96. The minimum atomic E-state index is -1.22. The van der Waals surface area contributed by atoms with Gasteiger partial charge in [-0.2, -0.15) is 0 Å². The molecule has 34 heavy (non-hydrogen) atoms. The van der Waals surface area contributed by atoms with Gasteiger partial charge in [-0.05, 0) is 35.1 Å². The fraction of sp³-hybridized carbons (Fsp3) is 0.346. The fourth-order valence-electron chi connectivity index (χ4n) is 4.74. The Morgan fingerprint density at radius 1 is 1.00 bits per heavy atom. The number of aliphatic hydroxyl groups is 2. The number of aliphatic hydroxyl groups excluding tert-OH is 2. The van der Waals surface area contributed by atoms with Crippen LogP contribution in [-0.4, -0.2) is 58.6 Å².